The summed E-state index contributed by atoms with van der Waals surface area (Å²) in [5.74, 6) is 2.25. The van der Waals surface area contributed by atoms with E-state index in [1.165, 1.54) is 9.13 Å². The van der Waals surface area contributed by atoms with Gasteiger partial charge in [0.25, 0.3) is 0 Å². The van der Waals surface area contributed by atoms with Crippen LogP contribution in [0.1, 0.15) is 37.7 Å². The number of benzene rings is 1. The molecule has 1 aliphatic rings. The SMILES string of the molecule is CCCC(=O)NCC1CC1c1cc(OC)ccc1I. The monoisotopic (exact) mass is 373 g/mol. The number of hydrogen-bond donors (Lipinski definition) is 1. The van der Waals surface area contributed by atoms with Crippen LogP contribution >= 0.6 is 22.6 Å². The summed E-state index contributed by atoms with van der Waals surface area (Å²) in [5, 5.41) is 3.02. The summed E-state index contributed by atoms with van der Waals surface area (Å²) in [6, 6.07) is 6.21. The molecule has 2 unspecified atom stereocenters. The fraction of sp³-hybridized carbons (Fsp3) is 0.533. The number of amides is 1. The molecule has 1 saturated carbocycles. The third-order valence-electron chi connectivity index (χ3n) is 3.56. The van der Waals surface area contributed by atoms with E-state index in [1.54, 1.807) is 7.11 Å². The molecule has 0 saturated heterocycles. The molecule has 0 heterocycles. The molecule has 0 aliphatic heterocycles. The first-order valence-corrected chi connectivity index (χ1v) is 7.83. The van der Waals surface area contributed by atoms with E-state index in [0.29, 0.717) is 18.3 Å². The van der Waals surface area contributed by atoms with Gasteiger partial charge in [0, 0.05) is 16.5 Å². The van der Waals surface area contributed by atoms with E-state index >= 15 is 0 Å². The van der Waals surface area contributed by atoms with Gasteiger partial charge in [-0.15, -0.1) is 0 Å². The quantitative estimate of drug-likeness (QED) is 0.777. The Balaban J connectivity index is 1.90. The van der Waals surface area contributed by atoms with Crippen molar-refractivity contribution in [1.82, 2.24) is 5.32 Å². The summed E-state index contributed by atoms with van der Waals surface area (Å²) in [6.45, 7) is 2.83. The van der Waals surface area contributed by atoms with Crippen LogP contribution in [0.15, 0.2) is 18.2 Å². The third-order valence-corrected chi connectivity index (χ3v) is 4.55. The van der Waals surface area contributed by atoms with E-state index in [4.69, 9.17) is 4.74 Å². The number of methoxy groups -OCH3 is 1. The Morgan fingerprint density at radius 1 is 1.53 bits per heavy atom. The van der Waals surface area contributed by atoms with Crippen LogP contribution < -0.4 is 10.1 Å². The Bertz CT molecular complexity index is 461. The van der Waals surface area contributed by atoms with Gasteiger partial charge < -0.3 is 10.1 Å². The molecular weight excluding hydrogens is 353 g/mol. The number of nitrogens with one attached hydrogen (secondary N) is 1. The summed E-state index contributed by atoms with van der Waals surface area (Å²) in [6.07, 6.45) is 2.71. The van der Waals surface area contributed by atoms with Crippen LogP contribution in [0.25, 0.3) is 0 Å². The van der Waals surface area contributed by atoms with Gasteiger partial charge in [-0.3, -0.25) is 4.79 Å². The van der Waals surface area contributed by atoms with Gasteiger partial charge in [0.1, 0.15) is 5.75 Å². The average molecular weight is 373 g/mol. The largest absolute Gasteiger partial charge is 0.497 e. The zero-order valence-corrected chi connectivity index (χ0v) is 13.6. The van der Waals surface area contributed by atoms with E-state index in [1.807, 2.05) is 13.0 Å². The molecule has 2 atom stereocenters. The summed E-state index contributed by atoms with van der Waals surface area (Å²) in [5.41, 5.74) is 1.36. The molecule has 1 aromatic carbocycles. The fourth-order valence-electron chi connectivity index (χ4n) is 2.35. The highest BCUT2D eigenvalue weighted by molar-refractivity contribution is 14.1. The van der Waals surface area contributed by atoms with Gasteiger partial charge in [0.15, 0.2) is 0 Å². The van der Waals surface area contributed by atoms with Crippen LogP contribution in [0.2, 0.25) is 0 Å². The third kappa shape index (κ3) is 3.84. The Morgan fingerprint density at radius 2 is 2.32 bits per heavy atom. The molecule has 1 fully saturated rings. The molecular formula is C15H20INO2. The molecule has 3 nitrogen and oxygen atoms in total. The molecule has 2 rings (SSSR count). The Labute approximate surface area is 128 Å². The lowest BCUT2D eigenvalue weighted by molar-refractivity contribution is -0.121. The maximum Gasteiger partial charge on any atom is 0.219 e. The summed E-state index contributed by atoms with van der Waals surface area (Å²) in [7, 11) is 1.70. The second-order valence-electron chi connectivity index (χ2n) is 5.04. The van der Waals surface area contributed by atoms with Crippen molar-refractivity contribution in [2.24, 2.45) is 5.92 Å². The predicted octanol–water partition coefficient (Wildman–Crippen LogP) is 3.32. The number of halogens is 1. The minimum Gasteiger partial charge on any atom is -0.497 e. The maximum absolute atomic E-state index is 11.5. The smallest absolute Gasteiger partial charge is 0.219 e. The van der Waals surface area contributed by atoms with Crippen LogP contribution in [-0.2, 0) is 4.79 Å². The number of carbonyl (C=O) groups is 1. The van der Waals surface area contributed by atoms with Gasteiger partial charge in [-0.05, 0) is 71.0 Å². The minimum absolute atomic E-state index is 0.175. The molecule has 1 amide bonds. The molecule has 0 radical (unpaired) electrons. The molecule has 0 aromatic heterocycles. The van der Waals surface area contributed by atoms with Crippen molar-refractivity contribution in [3.63, 3.8) is 0 Å². The van der Waals surface area contributed by atoms with Crippen molar-refractivity contribution >= 4 is 28.5 Å². The highest BCUT2D eigenvalue weighted by Gasteiger charge is 2.39. The molecule has 0 bridgehead atoms. The highest BCUT2D eigenvalue weighted by atomic mass is 127. The summed E-state index contributed by atoms with van der Waals surface area (Å²) < 4.78 is 6.56. The van der Waals surface area contributed by atoms with Crippen molar-refractivity contribution in [3.05, 3.63) is 27.3 Å². The molecule has 0 spiro atoms. The summed E-state index contributed by atoms with van der Waals surface area (Å²) >= 11 is 2.37. The second-order valence-corrected chi connectivity index (χ2v) is 6.21. The molecule has 1 aromatic rings. The highest BCUT2D eigenvalue weighted by Crippen LogP contribution is 2.49. The first-order valence-electron chi connectivity index (χ1n) is 6.75. The number of rotatable bonds is 6. The van der Waals surface area contributed by atoms with Gasteiger partial charge in [-0.1, -0.05) is 6.92 Å². The van der Waals surface area contributed by atoms with Gasteiger partial charge in [0.2, 0.25) is 5.91 Å². The topological polar surface area (TPSA) is 38.3 Å². The Morgan fingerprint density at radius 3 is 3.00 bits per heavy atom. The lowest BCUT2D eigenvalue weighted by Gasteiger charge is -2.08. The Hall–Kier alpha value is -0.780. The molecule has 4 heteroatoms. The zero-order chi connectivity index (χ0) is 13.8. The van der Waals surface area contributed by atoms with Crippen molar-refractivity contribution in [2.75, 3.05) is 13.7 Å². The van der Waals surface area contributed by atoms with E-state index in [9.17, 15) is 4.79 Å². The number of hydrogen-bond acceptors (Lipinski definition) is 2. The number of carbonyl (C=O) groups excluding carboxylic acids is 1. The van der Waals surface area contributed by atoms with Crippen molar-refractivity contribution in [2.45, 2.75) is 32.1 Å². The van der Waals surface area contributed by atoms with E-state index in [-0.39, 0.29) is 5.91 Å². The molecule has 1 aliphatic carbocycles. The lowest BCUT2D eigenvalue weighted by Crippen LogP contribution is -2.25. The number of ether oxygens (including phenoxy) is 1. The fourth-order valence-corrected chi connectivity index (χ4v) is 3.08. The van der Waals surface area contributed by atoms with Crippen molar-refractivity contribution in [1.29, 1.82) is 0 Å². The van der Waals surface area contributed by atoms with Gasteiger partial charge in [-0.2, -0.15) is 0 Å². The average Bonchev–Trinajstić information content (AvgIpc) is 3.17. The van der Waals surface area contributed by atoms with E-state index in [0.717, 1.165) is 25.1 Å². The summed E-state index contributed by atoms with van der Waals surface area (Å²) in [4.78, 5) is 11.5. The van der Waals surface area contributed by atoms with Gasteiger partial charge in [0.05, 0.1) is 7.11 Å². The second kappa shape index (κ2) is 6.59. The standard InChI is InChI=1S/C15H20INO2/c1-3-4-15(18)17-9-10-7-12(10)13-8-11(19-2)5-6-14(13)16/h5-6,8,10,12H,3-4,7,9H2,1-2H3,(H,17,18). The van der Waals surface area contributed by atoms with Crippen LogP contribution in [0.5, 0.6) is 5.75 Å². The van der Waals surface area contributed by atoms with Gasteiger partial charge >= 0.3 is 0 Å². The van der Waals surface area contributed by atoms with Crippen LogP contribution in [-0.4, -0.2) is 19.6 Å². The van der Waals surface area contributed by atoms with Crippen LogP contribution in [0, 0.1) is 9.49 Å². The molecule has 104 valence electrons. The van der Waals surface area contributed by atoms with Gasteiger partial charge in [-0.25, -0.2) is 0 Å². The molecule has 1 N–H and O–H groups in total. The first-order chi connectivity index (χ1) is 9.15. The van der Waals surface area contributed by atoms with Crippen molar-refractivity contribution < 1.29 is 9.53 Å². The van der Waals surface area contributed by atoms with Crippen molar-refractivity contribution in [3.8, 4) is 5.75 Å². The van der Waals surface area contributed by atoms with E-state index < -0.39 is 0 Å². The maximum atomic E-state index is 11.5. The van der Waals surface area contributed by atoms with Crippen LogP contribution in [0.4, 0.5) is 0 Å². The minimum atomic E-state index is 0.175. The first kappa shape index (κ1) is 14.6. The van der Waals surface area contributed by atoms with Crippen LogP contribution in [0.3, 0.4) is 0 Å². The lowest BCUT2D eigenvalue weighted by atomic mass is 10.1. The zero-order valence-electron chi connectivity index (χ0n) is 11.4. The van der Waals surface area contributed by atoms with E-state index in [2.05, 4.69) is 40.0 Å². The Kier molecular flexibility index (Phi) is 5.07. The normalized spacial score (nSPS) is 21.0. The molecule has 19 heavy (non-hydrogen) atoms. The predicted molar refractivity (Wildman–Crippen MR) is 84.5 cm³/mol.